The van der Waals surface area contributed by atoms with E-state index in [2.05, 4.69) is 34.0 Å². The molecule has 0 amide bonds. The first-order valence-electron chi connectivity index (χ1n) is 6.99. The smallest absolute Gasteiger partial charge is 0.242 e. The molecule has 0 aliphatic rings. The van der Waals surface area contributed by atoms with Crippen LogP contribution in [-0.4, -0.2) is 47.7 Å². The van der Waals surface area contributed by atoms with Gasteiger partial charge in [-0.3, -0.25) is 0 Å². The normalized spacial score (nSPS) is 13.1. The van der Waals surface area contributed by atoms with Crippen molar-refractivity contribution < 1.29 is 4.74 Å². The number of likely N-dealkylation sites (N-methyl/N-ethyl adjacent to an activating group) is 1. The summed E-state index contributed by atoms with van der Waals surface area (Å²) in [5, 5.41) is 3.39. The highest BCUT2D eigenvalue weighted by Crippen LogP contribution is 2.26. The Balaban J connectivity index is 2.90. The number of hydrogen-bond donors (Lipinski definition) is 2. The molecule has 0 radical (unpaired) electrons. The number of nitrogens with zero attached hydrogens (tertiary/aromatic N) is 3. The lowest BCUT2D eigenvalue weighted by Crippen LogP contribution is -2.37. The molecule has 1 unspecified atom stereocenters. The maximum atomic E-state index is 6.08. The molecule has 0 spiro atoms. The van der Waals surface area contributed by atoms with Crippen LogP contribution >= 0.6 is 0 Å². The van der Waals surface area contributed by atoms with Crippen LogP contribution in [0.5, 0.6) is 5.88 Å². The van der Waals surface area contributed by atoms with E-state index < -0.39 is 0 Å². The Bertz CT molecular complexity index is 420. The number of aromatic nitrogens is 2. The van der Waals surface area contributed by atoms with Crippen molar-refractivity contribution in [1.29, 1.82) is 0 Å². The summed E-state index contributed by atoms with van der Waals surface area (Å²) in [5.74, 6) is 1.53. The van der Waals surface area contributed by atoms with Crippen LogP contribution in [0.25, 0.3) is 0 Å². The second-order valence-corrected chi connectivity index (χ2v) is 5.86. The van der Waals surface area contributed by atoms with Crippen LogP contribution < -0.4 is 15.8 Å². The van der Waals surface area contributed by atoms with Gasteiger partial charge in [0.1, 0.15) is 12.0 Å². The molecule has 0 aliphatic carbocycles. The quantitative estimate of drug-likeness (QED) is 0.794. The van der Waals surface area contributed by atoms with Gasteiger partial charge >= 0.3 is 0 Å². The topological polar surface area (TPSA) is 76.3 Å². The minimum atomic E-state index is 0.0303. The molecule has 0 aromatic carbocycles. The van der Waals surface area contributed by atoms with E-state index in [-0.39, 0.29) is 12.1 Å². The third-order valence-electron chi connectivity index (χ3n) is 2.88. The van der Waals surface area contributed by atoms with E-state index in [4.69, 9.17) is 10.5 Å². The molecule has 0 fully saturated rings. The number of ether oxygens (including phenoxy) is 1. The van der Waals surface area contributed by atoms with Crippen LogP contribution in [0.3, 0.4) is 0 Å². The first-order valence-corrected chi connectivity index (χ1v) is 6.99. The fourth-order valence-corrected chi connectivity index (χ4v) is 1.80. The highest BCUT2D eigenvalue weighted by atomic mass is 16.5. The summed E-state index contributed by atoms with van der Waals surface area (Å²) in [6, 6.07) is 0.258. The lowest BCUT2D eigenvalue weighted by molar-refractivity contribution is 0.234. The van der Waals surface area contributed by atoms with Crippen LogP contribution in [0, 0.1) is 5.92 Å². The second kappa shape index (κ2) is 7.28. The average molecular weight is 281 g/mol. The molecule has 1 rings (SSSR count). The third-order valence-corrected chi connectivity index (χ3v) is 2.88. The molecule has 114 valence electrons. The van der Waals surface area contributed by atoms with Crippen molar-refractivity contribution in [3.05, 3.63) is 6.33 Å². The first-order chi connectivity index (χ1) is 9.31. The van der Waals surface area contributed by atoms with E-state index >= 15 is 0 Å². The summed E-state index contributed by atoms with van der Waals surface area (Å²) >= 11 is 0. The first kappa shape index (κ1) is 16.5. The summed E-state index contributed by atoms with van der Waals surface area (Å²) in [4.78, 5) is 10.5. The van der Waals surface area contributed by atoms with Crippen molar-refractivity contribution in [1.82, 2.24) is 14.9 Å². The van der Waals surface area contributed by atoms with Crippen LogP contribution in [0.2, 0.25) is 0 Å². The van der Waals surface area contributed by atoms with Gasteiger partial charge < -0.3 is 20.7 Å². The van der Waals surface area contributed by atoms with E-state index in [0.29, 0.717) is 23.3 Å². The van der Waals surface area contributed by atoms with Crippen molar-refractivity contribution in [2.24, 2.45) is 5.92 Å². The van der Waals surface area contributed by atoms with Crippen molar-refractivity contribution in [3.8, 4) is 5.88 Å². The molecule has 1 atom stereocenters. The van der Waals surface area contributed by atoms with Crippen molar-refractivity contribution >= 4 is 11.5 Å². The minimum Gasteiger partial charge on any atom is -0.473 e. The Kier molecular flexibility index (Phi) is 6.01. The largest absolute Gasteiger partial charge is 0.473 e. The highest BCUT2D eigenvalue weighted by molar-refractivity contribution is 5.66. The predicted molar refractivity (Wildman–Crippen MR) is 83.0 cm³/mol. The van der Waals surface area contributed by atoms with Crippen molar-refractivity contribution in [3.63, 3.8) is 0 Å². The SMILES string of the molecule is CC(C)Oc1ncnc(NC(CN(C)C)C(C)C)c1N. The Hall–Kier alpha value is -1.56. The summed E-state index contributed by atoms with van der Waals surface area (Å²) in [5.41, 5.74) is 6.55. The molecule has 0 saturated carbocycles. The zero-order valence-electron chi connectivity index (χ0n) is 13.3. The molecular weight excluding hydrogens is 254 g/mol. The van der Waals surface area contributed by atoms with Crippen LogP contribution in [-0.2, 0) is 0 Å². The Morgan fingerprint density at radius 2 is 1.90 bits per heavy atom. The number of nitrogens with one attached hydrogen (secondary N) is 1. The summed E-state index contributed by atoms with van der Waals surface area (Å²) in [6.45, 7) is 9.13. The van der Waals surface area contributed by atoms with E-state index in [0.717, 1.165) is 6.54 Å². The fourth-order valence-electron chi connectivity index (χ4n) is 1.80. The lowest BCUT2D eigenvalue weighted by Gasteiger charge is -2.26. The summed E-state index contributed by atoms with van der Waals surface area (Å²) in [6.07, 6.45) is 1.51. The number of hydrogen-bond acceptors (Lipinski definition) is 6. The van der Waals surface area contributed by atoms with Crippen molar-refractivity contribution in [2.75, 3.05) is 31.7 Å². The number of nitrogen functional groups attached to an aromatic ring is 1. The molecule has 1 aromatic rings. The molecule has 6 heteroatoms. The molecule has 0 saturated heterocycles. The van der Waals surface area contributed by atoms with Gasteiger partial charge in [0.25, 0.3) is 0 Å². The molecule has 20 heavy (non-hydrogen) atoms. The van der Waals surface area contributed by atoms with E-state index in [1.165, 1.54) is 6.33 Å². The molecule has 1 aromatic heterocycles. The molecule has 0 aliphatic heterocycles. The van der Waals surface area contributed by atoms with E-state index in [1.54, 1.807) is 0 Å². The van der Waals surface area contributed by atoms with Gasteiger partial charge in [-0.25, -0.2) is 4.98 Å². The molecular formula is C14H27N5O. The third kappa shape index (κ3) is 4.85. The standard InChI is InChI=1S/C14H27N5O/c1-9(2)11(7-19(5)6)18-13-12(15)14(17-8-16-13)20-10(3)4/h8-11H,7,15H2,1-6H3,(H,16,17,18). The summed E-state index contributed by atoms with van der Waals surface area (Å²) < 4.78 is 5.58. The molecule has 3 N–H and O–H groups in total. The monoisotopic (exact) mass is 281 g/mol. The summed E-state index contributed by atoms with van der Waals surface area (Å²) in [7, 11) is 4.10. The molecule has 1 heterocycles. The van der Waals surface area contributed by atoms with Gasteiger partial charge in [-0.2, -0.15) is 4.98 Å². The van der Waals surface area contributed by atoms with Gasteiger partial charge in [0.05, 0.1) is 6.10 Å². The van der Waals surface area contributed by atoms with Gasteiger partial charge in [0.15, 0.2) is 5.82 Å². The van der Waals surface area contributed by atoms with Gasteiger partial charge in [0, 0.05) is 12.6 Å². The number of anilines is 2. The van der Waals surface area contributed by atoms with Gasteiger partial charge in [-0.1, -0.05) is 13.8 Å². The minimum absolute atomic E-state index is 0.0303. The second-order valence-electron chi connectivity index (χ2n) is 5.86. The van der Waals surface area contributed by atoms with Gasteiger partial charge in [-0.15, -0.1) is 0 Å². The highest BCUT2D eigenvalue weighted by Gasteiger charge is 2.18. The Morgan fingerprint density at radius 1 is 1.25 bits per heavy atom. The Morgan fingerprint density at radius 3 is 2.40 bits per heavy atom. The zero-order chi connectivity index (χ0) is 15.3. The van der Waals surface area contributed by atoms with Crippen LogP contribution in [0.4, 0.5) is 11.5 Å². The number of nitrogens with two attached hydrogens (primary N) is 1. The predicted octanol–water partition coefficient (Wildman–Crippen LogP) is 1.84. The van der Waals surface area contributed by atoms with Gasteiger partial charge in [0.2, 0.25) is 5.88 Å². The van der Waals surface area contributed by atoms with E-state index in [9.17, 15) is 0 Å². The maximum absolute atomic E-state index is 6.08. The van der Waals surface area contributed by atoms with Crippen LogP contribution in [0.15, 0.2) is 6.33 Å². The zero-order valence-corrected chi connectivity index (χ0v) is 13.3. The fraction of sp³-hybridized carbons (Fsp3) is 0.714. The van der Waals surface area contributed by atoms with Crippen LogP contribution in [0.1, 0.15) is 27.7 Å². The molecule has 6 nitrogen and oxygen atoms in total. The van der Waals surface area contributed by atoms with Crippen molar-refractivity contribution in [2.45, 2.75) is 39.8 Å². The van der Waals surface area contributed by atoms with Gasteiger partial charge in [-0.05, 0) is 33.9 Å². The Labute approximate surface area is 121 Å². The number of rotatable bonds is 7. The average Bonchev–Trinajstić information content (AvgIpc) is 2.32. The van der Waals surface area contributed by atoms with E-state index in [1.807, 2.05) is 27.9 Å². The maximum Gasteiger partial charge on any atom is 0.242 e. The lowest BCUT2D eigenvalue weighted by atomic mass is 10.0. The molecule has 0 bridgehead atoms.